The lowest BCUT2D eigenvalue weighted by Gasteiger charge is -2.15. The molecule has 1 unspecified atom stereocenters. The maximum absolute atomic E-state index is 13.2. The highest BCUT2D eigenvalue weighted by molar-refractivity contribution is 9.11. The summed E-state index contributed by atoms with van der Waals surface area (Å²) in [5, 5.41) is 0. The van der Waals surface area contributed by atoms with Crippen molar-refractivity contribution in [3.8, 4) is 0 Å². The Bertz CT molecular complexity index is 545. The Morgan fingerprint density at radius 3 is 2.67 bits per heavy atom. The van der Waals surface area contributed by atoms with Crippen LogP contribution < -0.4 is 11.3 Å². The van der Waals surface area contributed by atoms with E-state index in [2.05, 4.69) is 37.3 Å². The molecule has 2 nitrogen and oxygen atoms in total. The lowest BCUT2D eigenvalue weighted by atomic mass is 10.1. The van der Waals surface area contributed by atoms with Crippen LogP contribution >= 0.6 is 43.2 Å². The van der Waals surface area contributed by atoms with Crippen molar-refractivity contribution in [2.24, 2.45) is 5.84 Å². The molecule has 1 aromatic heterocycles. The number of hydrazine groups is 1. The van der Waals surface area contributed by atoms with Gasteiger partial charge in [0.1, 0.15) is 5.82 Å². The van der Waals surface area contributed by atoms with E-state index in [1.54, 1.807) is 17.4 Å². The first-order valence-corrected chi connectivity index (χ1v) is 7.65. The van der Waals surface area contributed by atoms with Crippen molar-refractivity contribution < 1.29 is 4.39 Å². The largest absolute Gasteiger partial charge is 0.271 e. The van der Waals surface area contributed by atoms with Gasteiger partial charge in [-0.2, -0.15) is 0 Å². The monoisotopic (exact) mass is 392 g/mol. The van der Waals surface area contributed by atoms with Crippen LogP contribution in [0.15, 0.2) is 38.6 Å². The van der Waals surface area contributed by atoms with Crippen molar-refractivity contribution in [2.45, 2.75) is 12.5 Å². The molecule has 2 rings (SSSR count). The fraction of sp³-hybridized carbons (Fsp3) is 0.167. The average molecular weight is 394 g/mol. The number of nitrogens with two attached hydrogens (primary N) is 1. The van der Waals surface area contributed by atoms with Crippen LogP contribution in [0.1, 0.15) is 16.5 Å². The summed E-state index contributed by atoms with van der Waals surface area (Å²) in [7, 11) is 0. The predicted molar refractivity (Wildman–Crippen MR) is 79.9 cm³/mol. The number of hydrogen-bond acceptors (Lipinski definition) is 3. The minimum Gasteiger partial charge on any atom is -0.271 e. The fourth-order valence-corrected chi connectivity index (χ4v) is 3.57. The number of hydrogen-bond donors (Lipinski definition) is 2. The highest BCUT2D eigenvalue weighted by Gasteiger charge is 2.14. The summed E-state index contributed by atoms with van der Waals surface area (Å²) in [4.78, 5) is 1.11. The highest BCUT2D eigenvalue weighted by atomic mass is 79.9. The topological polar surface area (TPSA) is 38.0 Å². The molecule has 6 heteroatoms. The first-order valence-electron chi connectivity index (χ1n) is 5.25. The normalized spacial score (nSPS) is 12.7. The number of rotatable bonds is 4. The van der Waals surface area contributed by atoms with Crippen LogP contribution in [0.4, 0.5) is 4.39 Å². The number of nitrogens with one attached hydrogen (secondary N) is 1. The number of benzene rings is 1. The molecule has 0 aliphatic heterocycles. The summed E-state index contributed by atoms with van der Waals surface area (Å²) >= 11 is 8.46. The van der Waals surface area contributed by atoms with E-state index in [1.165, 1.54) is 12.1 Å². The Morgan fingerprint density at radius 1 is 1.28 bits per heavy atom. The summed E-state index contributed by atoms with van der Waals surface area (Å²) in [6.07, 6.45) is 0.627. The molecule has 0 amide bonds. The molecule has 0 radical (unpaired) electrons. The average Bonchev–Trinajstić information content (AvgIpc) is 2.77. The quantitative estimate of drug-likeness (QED) is 0.604. The molecule has 2 aromatic rings. The summed E-state index contributed by atoms with van der Waals surface area (Å²) in [6.45, 7) is 0. The molecule has 0 fully saturated rings. The molecule has 3 N–H and O–H groups in total. The Labute approximate surface area is 126 Å². The molecule has 0 aliphatic rings. The van der Waals surface area contributed by atoms with E-state index in [-0.39, 0.29) is 11.9 Å². The lowest BCUT2D eigenvalue weighted by molar-refractivity contribution is 0.555. The summed E-state index contributed by atoms with van der Waals surface area (Å²) in [5.74, 6) is 5.34. The van der Waals surface area contributed by atoms with Gasteiger partial charge < -0.3 is 0 Å². The molecule has 1 aromatic carbocycles. The maximum atomic E-state index is 13.2. The zero-order valence-electron chi connectivity index (χ0n) is 9.29. The molecule has 0 saturated heterocycles. The third kappa shape index (κ3) is 3.39. The van der Waals surface area contributed by atoms with Crippen LogP contribution in [0.3, 0.4) is 0 Å². The molecule has 0 saturated carbocycles. The van der Waals surface area contributed by atoms with Crippen molar-refractivity contribution in [1.82, 2.24) is 5.43 Å². The fourth-order valence-electron chi connectivity index (χ4n) is 1.68. The summed E-state index contributed by atoms with van der Waals surface area (Å²) in [6, 6.07) is 8.62. The minimum atomic E-state index is -0.240. The zero-order valence-corrected chi connectivity index (χ0v) is 13.3. The van der Waals surface area contributed by atoms with E-state index in [9.17, 15) is 4.39 Å². The zero-order chi connectivity index (χ0) is 13.1. The Hall–Kier alpha value is -0.270. The second-order valence-electron chi connectivity index (χ2n) is 3.80. The standard InChI is InChI=1S/C12H11Br2FN2S/c13-9-2-1-8(15)5-7(9)6-10(17-16)11-3-4-12(14)18-11/h1-5,10,17H,6,16H2. The van der Waals surface area contributed by atoms with Gasteiger partial charge >= 0.3 is 0 Å². The molecule has 0 aliphatic carbocycles. The van der Waals surface area contributed by atoms with Crippen LogP contribution in [-0.4, -0.2) is 0 Å². The van der Waals surface area contributed by atoms with Gasteiger partial charge in [0.25, 0.3) is 0 Å². The van der Waals surface area contributed by atoms with E-state index in [0.717, 1.165) is 18.7 Å². The van der Waals surface area contributed by atoms with Gasteiger partial charge in [0.15, 0.2) is 0 Å². The highest BCUT2D eigenvalue weighted by Crippen LogP contribution is 2.30. The molecule has 0 spiro atoms. The Kier molecular flexibility index (Phi) is 4.91. The van der Waals surface area contributed by atoms with E-state index in [1.807, 2.05) is 12.1 Å². The first kappa shape index (κ1) is 14.1. The number of halogens is 3. The number of thiophene rings is 1. The molecule has 18 heavy (non-hydrogen) atoms. The maximum Gasteiger partial charge on any atom is 0.123 e. The van der Waals surface area contributed by atoms with Crippen LogP contribution in [0.5, 0.6) is 0 Å². The van der Waals surface area contributed by atoms with Gasteiger partial charge in [-0.3, -0.25) is 11.3 Å². The van der Waals surface area contributed by atoms with Gasteiger partial charge in [-0.05, 0) is 58.2 Å². The molecule has 0 bridgehead atoms. The van der Waals surface area contributed by atoms with E-state index < -0.39 is 0 Å². The SMILES string of the molecule is NNC(Cc1cc(F)ccc1Br)c1ccc(Br)s1. The van der Waals surface area contributed by atoms with Crippen molar-refractivity contribution in [2.75, 3.05) is 0 Å². The third-order valence-corrected chi connectivity index (χ3v) is 5.08. The molecule has 1 heterocycles. The van der Waals surface area contributed by atoms with Crippen LogP contribution in [0, 0.1) is 5.82 Å². The molecular formula is C12H11Br2FN2S. The Morgan fingerprint density at radius 2 is 2.06 bits per heavy atom. The van der Waals surface area contributed by atoms with Crippen molar-refractivity contribution >= 4 is 43.2 Å². The summed E-state index contributed by atoms with van der Waals surface area (Å²) < 4.78 is 15.2. The molecule has 1 atom stereocenters. The minimum absolute atomic E-state index is 0.0283. The third-order valence-electron chi connectivity index (χ3n) is 2.57. The smallest absolute Gasteiger partial charge is 0.123 e. The van der Waals surface area contributed by atoms with Crippen LogP contribution in [-0.2, 0) is 6.42 Å². The van der Waals surface area contributed by atoms with E-state index >= 15 is 0 Å². The van der Waals surface area contributed by atoms with E-state index in [4.69, 9.17) is 5.84 Å². The van der Waals surface area contributed by atoms with Crippen LogP contribution in [0.25, 0.3) is 0 Å². The van der Waals surface area contributed by atoms with Gasteiger partial charge in [-0.1, -0.05) is 15.9 Å². The van der Waals surface area contributed by atoms with Crippen molar-refractivity contribution in [1.29, 1.82) is 0 Å². The second-order valence-corrected chi connectivity index (χ2v) is 7.15. The van der Waals surface area contributed by atoms with Crippen LogP contribution in [0.2, 0.25) is 0 Å². The van der Waals surface area contributed by atoms with Gasteiger partial charge in [0.05, 0.1) is 9.83 Å². The van der Waals surface area contributed by atoms with Gasteiger partial charge in [-0.15, -0.1) is 11.3 Å². The van der Waals surface area contributed by atoms with Crippen molar-refractivity contribution in [3.63, 3.8) is 0 Å². The van der Waals surface area contributed by atoms with Crippen molar-refractivity contribution in [3.05, 3.63) is 54.8 Å². The van der Waals surface area contributed by atoms with Gasteiger partial charge in [-0.25, -0.2) is 4.39 Å². The molecule has 96 valence electrons. The predicted octanol–water partition coefficient (Wildman–Crippen LogP) is 4.16. The Balaban J connectivity index is 2.22. The molecular weight excluding hydrogens is 383 g/mol. The van der Waals surface area contributed by atoms with E-state index in [0.29, 0.717) is 6.42 Å². The summed E-state index contributed by atoms with van der Waals surface area (Å²) in [5.41, 5.74) is 3.66. The first-order chi connectivity index (χ1) is 8.60. The lowest BCUT2D eigenvalue weighted by Crippen LogP contribution is -2.29. The van der Waals surface area contributed by atoms with Gasteiger partial charge in [0.2, 0.25) is 0 Å². The van der Waals surface area contributed by atoms with Gasteiger partial charge in [0, 0.05) is 9.35 Å². The second kappa shape index (κ2) is 6.25.